The number of para-hydroxylation sites is 2. The molecule has 332 valence electrons. The average Bonchev–Trinajstić information content (AvgIpc) is 3.97. The van der Waals surface area contributed by atoms with Gasteiger partial charge in [0.25, 0.3) is 0 Å². The van der Waals surface area contributed by atoms with Crippen molar-refractivity contribution in [1.82, 2.24) is 9.13 Å². The van der Waals surface area contributed by atoms with Crippen LogP contribution in [0.2, 0.25) is 0 Å². The van der Waals surface area contributed by atoms with Gasteiger partial charge in [-0.25, -0.2) is 0 Å². The SMILES string of the molecule is c1ccc(C(c2ccccc2)(c2ccccc2)c2cccc(-n3c4ccccc4c4ccc5c(c6ccccc6n5-c5cccc(S(c6ccccc6)(c6ccccc6)c6ccccc6)c5)c43)c2)cc1. The van der Waals surface area contributed by atoms with Crippen LogP contribution in [0.15, 0.2) is 311 Å². The molecule has 0 aliphatic carbocycles. The highest BCUT2D eigenvalue weighted by Crippen LogP contribution is 2.73. The van der Waals surface area contributed by atoms with Crippen molar-refractivity contribution in [3.8, 4) is 11.4 Å². The highest BCUT2D eigenvalue weighted by molar-refractivity contribution is 8.34. The maximum Gasteiger partial charge on any atom is 0.0702 e. The largest absolute Gasteiger partial charge is 0.309 e. The van der Waals surface area contributed by atoms with E-state index in [-0.39, 0.29) is 0 Å². The fourth-order valence-electron chi connectivity index (χ4n) is 11.5. The lowest BCUT2D eigenvalue weighted by molar-refractivity contribution is 0.744. The van der Waals surface area contributed by atoms with E-state index in [1.165, 1.54) is 79.9 Å². The fraction of sp³-hybridized carbons (Fsp3) is 0.0149. The Morgan fingerprint density at radius 2 is 0.657 bits per heavy atom. The molecule has 0 saturated carbocycles. The fourth-order valence-corrected chi connectivity index (χ4v) is 15.4. The molecule has 0 fully saturated rings. The topological polar surface area (TPSA) is 9.86 Å². The molecule has 2 heterocycles. The zero-order valence-electron chi connectivity index (χ0n) is 38.5. The van der Waals surface area contributed by atoms with Gasteiger partial charge in [0.1, 0.15) is 0 Å². The lowest BCUT2D eigenvalue weighted by atomic mass is 9.65. The molecule has 0 saturated heterocycles. The third kappa shape index (κ3) is 6.36. The molecule has 0 radical (unpaired) electrons. The number of nitrogens with zero attached hydrogens (tertiary/aromatic N) is 2. The minimum Gasteiger partial charge on any atom is -0.309 e. The van der Waals surface area contributed by atoms with Crippen molar-refractivity contribution in [2.24, 2.45) is 0 Å². The molecule has 0 spiro atoms. The molecular formula is C67H48N2S. The van der Waals surface area contributed by atoms with E-state index in [4.69, 9.17) is 0 Å². The van der Waals surface area contributed by atoms with Gasteiger partial charge in [-0.15, -0.1) is 10.0 Å². The van der Waals surface area contributed by atoms with Crippen molar-refractivity contribution in [1.29, 1.82) is 0 Å². The van der Waals surface area contributed by atoms with Gasteiger partial charge in [-0.05, 0) is 107 Å². The minimum atomic E-state index is -1.92. The van der Waals surface area contributed by atoms with E-state index in [9.17, 15) is 0 Å². The Morgan fingerprint density at radius 1 is 0.257 bits per heavy atom. The first-order valence-electron chi connectivity index (χ1n) is 24.1. The van der Waals surface area contributed by atoms with Crippen LogP contribution in [0, 0.1) is 0 Å². The smallest absolute Gasteiger partial charge is 0.0702 e. The quantitative estimate of drug-likeness (QED) is 0.121. The van der Waals surface area contributed by atoms with Gasteiger partial charge < -0.3 is 9.13 Å². The summed E-state index contributed by atoms with van der Waals surface area (Å²) < 4.78 is 5.03. The summed E-state index contributed by atoms with van der Waals surface area (Å²) in [5.74, 6) is 0. The highest BCUT2D eigenvalue weighted by atomic mass is 32.3. The van der Waals surface area contributed by atoms with Crippen LogP contribution in [0.4, 0.5) is 0 Å². The zero-order chi connectivity index (χ0) is 46.5. The second kappa shape index (κ2) is 17.2. The van der Waals surface area contributed by atoms with E-state index in [2.05, 4.69) is 300 Å². The summed E-state index contributed by atoms with van der Waals surface area (Å²) in [7, 11) is -1.92. The number of rotatable bonds is 10. The Balaban J connectivity index is 1.09. The van der Waals surface area contributed by atoms with E-state index in [1.807, 2.05) is 0 Å². The molecule has 0 unspecified atom stereocenters. The second-order valence-electron chi connectivity index (χ2n) is 18.0. The first-order valence-corrected chi connectivity index (χ1v) is 25.7. The summed E-state index contributed by atoms with van der Waals surface area (Å²) in [6, 6.07) is 108. The summed E-state index contributed by atoms with van der Waals surface area (Å²) in [5.41, 5.74) is 11.2. The normalized spacial score (nSPS) is 12.2. The molecule has 0 atom stereocenters. The first-order chi connectivity index (χ1) is 34.8. The van der Waals surface area contributed by atoms with Crippen molar-refractivity contribution in [2.75, 3.05) is 0 Å². The van der Waals surface area contributed by atoms with E-state index >= 15 is 0 Å². The van der Waals surface area contributed by atoms with Crippen LogP contribution < -0.4 is 0 Å². The number of aromatic nitrogens is 2. The molecule has 70 heavy (non-hydrogen) atoms. The Kier molecular flexibility index (Phi) is 10.2. The number of benzene rings is 11. The molecule has 0 aliphatic heterocycles. The highest BCUT2D eigenvalue weighted by Gasteiger charge is 2.39. The van der Waals surface area contributed by atoms with Gasteiger partial charge in [-0.3, -0.25) is 0 Å². The summed E-state index contributed by atoms with van der Waals surface area (Å²) in [5, 5.41) is 4.90. The van der Waals surface area contributed by atoms with Gasteiger partial charge in [-0.2, -0.15) is 0 Å². The standard InChI is InChI=1S/C67H48N2S/c1-7-25-49(26-8-1)67(50-27-9-2-10-28-50,51-29-11-3-12-30-51)52-31-23-32-53(47-52)69-62-43-21-19-41-59(62)60-45-46-64-65(66(60)69)61-42-20-22-44-63(61)68(64)54-33-24-40-58(48-54)70(55-34-13-4-14-35-55,56-36-15-5-16-37-56)57-38-17-6-18-39-57/h1-48H. The molecular weight excluding hydrogens is 865 g/mol. The van der Waals surface area contributed by atoms with E-state index in [0.717, 1.165) is 16.9 Å². The molecule has 0 N–H and O–H groups in total. The molecule has 2 aromatic heterocycles. The Hall–Kier alpha value is -8.63. The predicted octanol–water partition coefficient (Wildman–Crippen LogP) is 17.6. The van der Waals surface area contributed by atoms with Crippen LogP contribution in [0.1, 0.15) is 22.3 Å². The number of fused-ring (bicyclic) bond motifs is 7. The van der Waals surface area contributed by atoms with Crippen LogP contribution in [-0.4, -0.2) is 9.13 Å². The van der Waals surface area contributed by atoms with Crippen molar-refractivity contribution in [3.63, 3.8) is 0 Å². The molecule has 0 bridgehead atoms. The summed E-state index contributed by atoms with van der Waals surface area (Å²) >= 11 is 0. The lowest BCUT2D eigenvalue weighted by Crippen LogP contribution is -2.31. The predicted molar refractivity (Wildman–Crippen MR) is 293 cm³/mol. The van der Waals surface area contributed by atoms with E-state index in [0.29, 0.717) is 0 Å². The van der Waals surface area contributed by atoms with Gasteiger partial charge in [0.2, 0.25) is 0 Å². The average molecular weight is 913 g/mol. The van der Waals surface area contributed by atoms with Crippen LogP contribution >= 0.6 is 10.0 Å². The van der Waals surface area contributed by atoms with Crippen LogP contribution in [0.5, 0.6) is 0 Å². The third-order valence-corrected chi connectivity index (χ3v) is 18.2. The molecule has 11 aromatic carbocycles. The van der Waals surface area contributed by atoms with Crippen molar-refractivity contribution in [3.05, 3.63) is 313 Å². The molecule has 13 rings (SSSR count). The maximum atomic E-state index is 2.53. The van der Waals surface area contributed by atoms with E-state index in [1.54, 1.807) is 0 Å². The lowest BCUT2D eigenvalue weighted by Gasteiger charge is -2.42. The van der Waals surface area contributed by atoms with Crippen LogP contribution in [-0.2, 0) is 5.41 Å². The van der Waals surface area contributed by atoms with Crippen LogP contribution in [0.25, 0.3) is 55.0 Å². The molecule has 0 amide bonds. The number of hydrogen-bond acceptors (Lipinski definition) is 0. The minimum absolute atomic E-state index is 0.592. The van der Waals surface area contributed by atoms with Gasteiger partial charge in [0.05, 0.1) is 27.5 Å². The van der Waals surface area contributed by atoms with Crippen LogP contribution in [0.3, 0.4) is 0 Å². The Morgan fingerprint density at radius 3 is 1.19 bits per heavy atom. The van der Waals surface area contributed by atoms with Gasteiger partial charge in [-0.1, -0.05) is 206 Å². The Bertz CT molecular complexity index is 3780. The van der Waals surface area contributed by atoms with Crippen molar-refractivity contribution >= 4 is 53.6 Å². The van der Waals surface area contributed by atoms with Gasteiger partial charge in [0, 0.05) is 52.5 Å². The first kappa shape index (κ1) is 41.5. The van der Waals surface area contributed by atoms with Crippen molar-refractivity contribution < 1.29 is 0 Å². The van der Waals surface area contributed by atoms with Crippen molar-refractivity contribution in [2.45, 2.75) is 25.0 Å². The summed E-state index contributed by atoms with van der Waals surface area (Å²) in [4.78, 5) is 5.19. The number of hydrogen-bond donors (Lipinski definition) is 0. The van der Waals surface area contributed by atoms with E-state index < -0.39 is 15.4 Å². The molecule has 3 heteroatoms. The Labute approximate surface area is 410 Å². The summed E-state index contributed by atoms with van der Waals surface area (Å²) in [6.45, 7) is 0. The molecule has 2 nitrogen and oxygen atoms in total. The summed E-state index contributed by atoms with van der Waals surface area (Å²) in [6.07, 6.45) is 0. The molecule has 13 aromatic rings. The molecule has 0 aliphatic rings. The van der Waals surface area contributed by atoms with Gasteiger partial charge >= 0.3 is 0 Å². The maximum absolute atomic E-state index is 2.53. The monoisotopic (exact) mass is 912 g/mol. The van der Waals surface area contributed by atoms with Gasteiger partial charge in [0.15, 0.2) is 0 Å². The third-order valence-electron chi connectivity index (χ3n) is 14.3. The zero-order valence-corrected chi connectivity index (χ0v) is 39.3. The second-order valence-corrected chi connectivity index (χ2v) is 21.1.